The zero-order valence-corrected chi connectivity index (χ0v) is 17.6. The molecule has 1 aliphatic heterocycles. The van der Waals surface area contributed by atoms with Gasteiger partial charge in [-0.25, -0.2) is 12.7 Å². The van der Waals surface area contributed by atoms with Crippen LogP contribution in [0.5, 0.6) is 0 Å². The molecule has 27 heavy (non-hydrogen) atoms. The smallest absolute Gasteiger partial charge is 0.223 e. The van der Waals surface area contributed by atoms with Crippen molar-refractivity contribution in [3.63, 3.8) is 0 Å². The van der Waals surface area contributed by atoms with Gasteiger partial charge in [-0.3, -0.25) is 4.79 Å². The van der Waals surface area contributed by atoms with Crippen LogP contribution >= 0.6 is 11.3 Å². The quantitative estimate of drug-likeness (QED) is 0.795. The van der Waals surface area contributed by atoms with Crippen molar-refractivity contribution < 1.29 is 13.2 Å². The van der Waals surface area contributed by atoms with Crippen molar-refractivity contribution in [1.82, 2.24) is 14.5 Å². The number of carbonyl (C=O) groups excluding carboxylic acids is 1. The maximum atomic E-state index is 12.6. The summed E-state index contributed by atoms with van der Waals surface area (Å²) in [6.07, 6.45) is 2.38. The van der Waals surface area contributed by atoms with Gasteiger partial charge in [0.25, 0.3) is 0 Å². The summed E-state index contributed by atoms with van der Waals surface area (Å²) in [5, 5.41) is 6.50. The zero-order chi connectivity index (χ0) is 19.6. The third kappa shape index (κ3) is 4.68. The van der Waals surface area contributed by atoms with Crippen LogP contribution in [-0.2, 0) is 14.8 Å². The molecule has 3 rings (SSSR count). The van der Waals surface area contributed by atoms with Crippen LogP contribution < -0.4 is 5.32 Å². The number of nitrogens with one attached hydrogen (secondary N) is 1. The van der Waals surface area contributed by atoms with Crippen LogP contribution in [0.25, 0.3) is 10.1 Å². The molecule has 1 aliphatic rings. The number of thiophene rings is 1. The molecule has 0 aliphatic carbocycles. The van der Waals surface area contributed by atoms with Crippen molar-refractivity contribution in [3.05, 3.63) is 35.2 Å². The monoisotopic (exact) mass is 409 g/mol. The van der Waals surface area contributed by atoms with Crippen molar-refractivity contribution in [2.75, 3.05) is 40.0 Å². The lowest BCUT2D eigenvalue weighted by Gasteiger charge is -2.30. The van der Waals surface area contributed by atoms with Gasteiger partial charge in [-0.15, -0.1) is 11.3 Å². The van der Waals surface area contributed by atoms with Crippen molar-refractivity contribution in [1.29, 1.82) is 0 Å². The number of rotatable bonds is 6. The van der Waals surface area contributed by atoms with E-state index in [9.17, 15) is 13.2 Å². The lowest BCUT2D eigenvalue weighted by atomic mass is 9.97. The van der Waals surface area contributed by atoms with E-state index in [0.717, 1.165) is 0 Å². The van der Waals surface area contributed by atoms with Gasteiger partial charge in [0.2, 0.25) is 15.9 Å². The van der Waals surface area contributed by atoms with Crippen LogP contribution in [0.4, 0.5) is 0 Å². The van der Waals surface area contributed by atoms with Crippen molar-refractivity contribution >= 4 is 37.4 Å². The molecule has 1 atom stereocenters. The molecule has 0 radical (unpaired) electrons. The minimum Gasteiger partial charge on any atom is -0.354 e. The SMILES string of the molecule is CN(C)[C@H](CNC(=O)C1CCN(S(C)(=O)=O)CC1)c1csc2ccccc12. The molecule has 1 saturated heterocycles. The van der Waals surface area contributed by atoms with Crippen molar-refractivity contribution in [3.8, 4) is 0 Å². The van der Waals surface area contributed by atoms with Crippen LogP contribution in [0.15, 0.2) is 29.6 Å². The van der Waals surface area contributed by atoms with E-state index in [0.29, 0.717) is 32.5 Å². The summed E-state index contributed by atoms with van der Waals surface area (Å²) in [7, 11) is 0.877. The molecule has 0 unspecified atom stereocenters. The minimum absolute atomic E-state index is 0.0227. The van der Waals surface area contributed by atoms with Gasteiger partial charge in [0.1, 0.15) is 0 Å². The fourth-order valence-electron chi connectivity index (χ4n) is 3.62. The highest BCUT2D eigenvalue weighted by Gasteiger charge is 2.29. The van der Waals surface area contributed by atoms with Gasteiger partial charge in [-0.1, -0.05) is 18.2 Å². The van der Waals surface area contributed by atoms with E-state index >= 15 is 0 Å². The van der Waals surface area contributed by atoms with Gasteiger partial charge in [0.05, 0.1) is 12.3 Å². The predicted molar refractivity (Wildman–Crippen MR) is 110 cm³/mol. The number of likely N-dealkylation sites (N-methyl/N-ethyl adjacent to an activating group) is 1. The second kappa shape index (κ2) is 8.26. The Morgan fingerprint density at radius 2 is 1.96 bits per heavy atom. The van der Waals surface area contributed by atoms with E-state index in [1.807, 2.05) is 26.2 Å². The lowest BCUT2D eigenvalue weighted by Crippen LogP contribution is -2.44. The van der Waals surface area contributed by atoms with Gasteiger partial charge in [-0.05, 0) is 49.3 Å². The Bertz CT molecular complexity index is 900. The lowest BCUT2D eigenvalue weighted by molar-refractivity contribution is -0.126. The Labute approximate surface area is 165 Å². The van der Waals surface area contributed by atoms with E-state index in [1.54, 1.807) is 11.3 Å². The maximum Gasteiger partial charge on any atom is 0.223 e. The van der Waals surface area contributed by atoms with E-state index in [4.69, 9.17) is 0 Å². The number of piperidine rings is 1. The largest absolute Gasteiger partial charge is 0.354 e. The van der Waals surface area contributed by atoms with Gasteiger partial charge in [0, 0.05) is 30.3 Å². The van der Waals surface area contributed by atoms with Gasteiger partial charge in [0.15, 0.2) is 0 Å². The van der Waals surface area contributed by atoms with Crippen LogP contribution in [-0.4, -0.2) is 63.5 Å². The number of benzene rings is 1. The summed E-state index contributed by atoms with van der Waals surface area (Å²) in [6, 6.07) is 8.42. The Kier molecular flexibility index (Phi) is 6.20. The summed E-state index contributed by atoms with van der Waals surface area (Å²) in [5.74, 6) is -0.0976. The summed E-state index contributed by atoms with van der Waals surface area (Å²) in [5.41, 5.74) is 1.23. The Morgan fingerprint density at radius 3 is 2.59 bits per heavy atom. The summed E-state index contributed by atoms with van der Waals surface area (Å²) >= 11 is 1.72. The molecule has 2 heterocycles. The Morgan fingerprint density at radius 1 is 1.30 bits per heavy atom. The van der Waals surface area contributed by atoms with Crippen LogP contribution in [0.3, 0.4) is 0 Å². The maximum absolute atomic E-state index is 12.6. The fourth-order valence-corrected chi connectivity index (χ4v) is 5.50. The van der Waals surface area contributed by atoms with Gasteiger partial charge in [-0.2, -0.15) is 0 Å². The minimum atomic E-state index is -3.17. The molecule has 0 spiro atoms. The highest BCUT2D eigenvalue weighted by atomic mass is 32.2. The molecule has 1 aromatic carbocycles. The number of hydrogen-bond acceptors (Lipinski definition) is 5. The molecule has 1 fully saturated rings. The van der Waals surface area contributed by atoms with E-state index in [2.05, 4.69) is 27.7 Å². The van der Waals surface area contributed by atoms with Gasteiger partial charge >= 0.3 is 0 Å². The molecule has 1 aromatic heterocycles. The molecule has 148 valence electrons. The topological polar surface area (TPSA) is 69.7 Å². The number of amides is 1. The third-order valence-electron chi connectivity index (χ3n) is 5.26. The Balaban J connectivity index is 1.63. The standard InChI is InChI=1S/C19H27N3O3S2/c1-21(2)17(16-13-26-18-7-5-4-6-15(16)18)12-20-19(23)14-8-10-22(11-9-14)27(3,24)25/h4-7,13-14,17H,8-12H2,1-3H3,(H,20,23)/t17-/m1/s1. The fraction of sp³-hybridized carbons (Fsp3) is 0.526. The first-order valence-corrected chi connectivity index (χ1v) is 11.9. The second-order valence-electron chi connectivity index (χ2n) is 7.35. The average Bonchev–Trinajstić information content (AvgIpc) is 3.05. The summed E-state index contributed by atoms with van der Waals surface area (Å²) in [4.78, 5) is 14.7. The molecular weight excluding hydrogens is 382 g/mol. The number of hydrogen-bond donors (Lipinski definition) is 1. The highest BCUT2D eigenvalue weighted by molar-refractivity contribution is 7.88. The molecule has 2 aromatic rings. The van der Waals surface area contributed by atoms with Crippen molar-refractivity contribution in [2.24, 2.45) is 5.92 Å². The molecule has 6 nitrogen and oxygen atoms in total. The normalized spacial score (nSPS) is 18.1. The number of fused-ring (bicyclic) bond motifs is 1. The van der Waals surface area contributed by atoms with E-state index < -0.39 is 10.0 Å². The number of sulfonamides is 1. The molecular formula is C19H27N3O3S2. The predicted octanol–water partition coefficient (Wildman–Crippen LogP) is 2.29. The molecule has 1 amide bonds. The molecule has 8 heteroatoms. The average molecular weight is 410 g/mol. The first kappa shape index (κ1) is 20.3. The van der Waals surface area contributed by atoms with Crippen LogP contribution in [0, 0.1) is 5.92 Å². The van der Waals surface area contributed by atoms with Crippen LogP contribution in [0.2, 0.25) is 0 Å². The van der Waals surface area contributed by atoms with Gasteiger partial charge < -0.3 is 10.2 Å². The second-order valence-corrected chi connectivity index (χ2v) is 10.2. The Hall–Kier alpha value is -1.48. The number of nitrogens with zero attached hydrogens (tertiary/aromatic N) is 2. The summed E-state index contributed by atoms with van der Waals surface area (Å²) in [6.45, 7) is 1.38. The molecule has 0 saturated carbocycles. The molecule has 0 bridgehead atoms. The van der Waals surface area contributed by atoms with E-state index in [-0.39, 0.29) is 17.9 Å². The van der Waals surface area contributed by atoms with E-state index in [1.165, 1.54) is 26.2 Å². The third-order valence-corrected chi connectivity index (χ3v) is 7.54. The first-order valence-electron chi connectivity index (χ1n) is 9.12. The summed E-state index contributed by atoms with van der Waals surface area (Å²) < 4.78 is 25.9. The number of carbonyl (C=O) groups is 1. The first-order chi connectivity index (χ1) is 12.8. The highest BCUT2D eigenvalue weighted by Crippen LogP contribution is 2.32. The molecule has 1 N–H and O–H groups in total. The van der Waals surface area contributed by atoms with Crippen molar-refractivity contribution in [2.45, 2.75) is 18.9 Å². The van der Waals surface area contributed by atoms with Crippen LogP contribution in [0.1, 0.15) is 24.4 Å². The zero-order valence-electron chi connectivity index (χ0n) is 16.0.